The minimum Gasteiger partial charge on any atom is -0.490 e. The Kier molecular flexibility index (Phi) is 4.19. The second-order valence-corrected chi connectivity index (χ2v) is 8.98. The van der Waals surface area contributed by atoms with Crippen LogP contribution < -0.4 is 10.5 Å². The zero-order valence-corrected chi connectivity index (χ0v) is 16.9. The number of hydrogen-bond donors (Lipinski definition) is 1. The first-order valence-corrected chi connectivity index (χ1v) is 10.9. The van der Waals surface area contributed by atoms with Crippen LogP contribution in [0, 0.1) is 11.8 Å². The van der Waals surface area contributed by atoms with Gasteiger partial charge in [0.25, 0.3) is 6.02 Å². The minimum atomic E-state index is -0.532. The van der Waals surface area contributed by atoms with Crippen LogP contribution in [0.2, 0.25) is 0 Å². The summed E-state index contributed by atoms with van der Waals surface area (Å²) < 4.78 is 18.5. The SMILES string of the molecule is NC1=N[C@]2(CO1)c1cc(-c3cncnc3)ccc1O[C@H]1CC[C@H](OCC3CC3)C[C@@H]12. The Hall–Kier alpha value is -2.67. The third-order valence-electron chi connectivity index (χ3n) is 6.98. The topological polar surface area (TPSA) is 91.9 Å². The monoisotopic (exact) mass is 406 g/mol. The number of ether oxygens (including phenoxy) is 3. The standard InChI is InChI=1S/C23H26N4O3/c24-22-27-23(12-29-22)18-7-15(16-9-25-13-26-10-16)3-5-20(18)30-21-6-4-17(8-19(21)23)28-11-14-1-2-14/h3,5,7,9-10,13-14,17,19,21H,1-2,4,6,8,11-12H2,(H2,24,27)/t17-,19-,21-,23+/m0/s1. The number of nitrogens with two attached hydrogens (primary N) is 1. The van der Waals surface area contributed by atoms with Gasteiger partial charge in [-0.25, -0.2) is 15.0 Å². The Balaban J connectivity index is 1.38. The summed E-state index contributed by atoms with van der Waals surface area (Å²) in [7, 11) is 0. The van der Waals surface area contributed by atoms with Gasteiger partial charge in [-0.3, -0.25) is 0 Å². The molecule has 3 heterocycles. The number of rotatable bonds is 4. The Labute approximate surface area is 175 Å². The smallest absolute Gasteiger partial charge is 0.283 e. The van der Waals surface area contributed by atoms with Crippen LogP contribution in [0.3, 0.4) is 0 Å². The molecule has 7 heteroatoms. The Morgan fingerprint density at radius 2 is 1.97 bits per heavy atom. The molecule has 2 aliphatic heterocycles. The van der Waals surface area contributed by atoms with E-state index in [4.69, 9.17) is 24.9 Å². The number of hydrogen-bond acceptors (Lipinski definition) is 7. The first-order valence-electron chi connectivity index (χ1n) is 10.9. The second-order valence-electron chi connectivity index (χ2n) is 8.98. The van der Waals surface area contributed by atoms with E-state index in [9.17, 15) is 0 Å². The van der Waals surface area contributed by atoms with Crippen molar-refractivity contribution in [3.63, 3.8) is 0 Å². The van der Waals surface area contributed by atoms with Crippen LogP contribution in [0.1, 0.15) is 37.7 Å². The molecule has 6 rings (SSSR count). The molecule has 7 nitrogen and oxygen atoms in total. The van der Waals surface area contributed by atoms with Crippen LogP contribution in [0.4, 0.5) is 0 Å². The predicted octanol–water partition coefficient (Wildman–Crippen LogP) is 3.04. The normalized spacial score (nSPS) is 32.0. The van der Waals surface area contributed by atoms with E-state index in [1.807, 2.05) is 18.5 Å². The number of benzene rings is 1. The zero-order valence-electron chi connectivity index (χ0n) is 16.9. The summed E-state index contributed by atoms with van der Waals surface area (Å²) in [5, 5.41) is 0. The van der Waals surface area contributed by atoms with Crippen molar-refractivity contribution in [2.75, 3.05) is 13.2 Å². The van der Waals surface area contributed by atoms with Crippen LogP contribution in [-0.2, 0) is 15.0 Å². The highest BCUT2D eigenvalue weighted by Gasteiger charge is 2.55. The van der Waals surface area contributed by atoms with E-state index < -0.39 is 5.54 Å². The molecule has 2 aliphatic carbocycles. The lowest BCUT2D eigenvalue weighted by atomic mass is 9.67. The lowest BCUT2D eigenvalue weighted by molar-refractivity contribution is -0.0643. The quantitative estimate of drug-likeness (QED) is 0.839. The van der Waals surface area contributed by atoms with Crippen molar-refractivity contribution in [2.24, 2.45) is 22.6 Å². The van der Waals surface area contributed by atoms with Gasteiger partial charge >= 0.3 is 0 Å². The molecule has 4 aliphatic rings. The molecule has 0 unspecified atom stereocenters. The first kappa shape index (κ1) is 18.1. The van der Waals surface area contributed by atoms with Crippen molar-refractivity contribution in [1.82, 2.24) is 9.97 Å². The van der Waals surface area contributed by atoms with Crippen molar-refractivity contribution in [2.45, 2.75) is 49.9 Å². The van der Waals surface area contributed by atoms with E-state index >= 15 is 0 Å². The first-order chi connectivity index (χ1) is 14.7. The van der Waals surface area contributed by atoms with Gasteiger partial charge in [0.15, 0.2) is 0 Å². The van der Waals surface area contributed by atoms with Crippen molar-refractivity contribution >= 4 is 6.02 Å². The highest BCUT2D eigenvalue weighted by atomic mass is 16.5. The Morgan fingerprint density at radius 1 is 1.10 bits per heavy atom. The van der Waals surface area contributed by atoms with Crippen LogP contribution in [0.5, 0.6) is 5.75 Å². The number of fused-ring (bicyclic) bond motifs is 4. The molecular weight excluding hydrogens is 380 g/mol. The number of amidine groups is 1. The molecule has 0 bridgehead atoms. The molecule has 0 saturated heterocycles. The lowest BCUT2D eigenvalue weighted by Gasteiger charge is -2.48. The summed E-state index contributed by atoms with van der Waals surface area (Å²) in [5.74, 6) is 1.81. The molecule has 1 aromatic heterocycles. The predicted molar refractivity (Wildman–Crippen MR) is 111 cm³/mol. The maximum absolute atomic E-state index is 6.48. The fourth-order valence-corrected chi connectivity index (χ4v) is 5.19. The molecule has 2 saturated carbocycles. The van der Waals surface area contributed by atoms with E-state index in [0.29, 0.717) is 6.61 Å². The van der Waals surface area contributed by atoms with Crippen molar-refractivity contribution in [3.05, 3.63) is 42.5 Å². The van der Waals surface area contributed by atoms with E-state index in [1.54, 1.807) is 0 Å². The summed E-state index contributed by atoms with van der Waals surface area (Å²) in [6.45, 7) is 1.33. The van der Waals surface area contributed by atoms with Gasteiger partial charge in [-0.1, -0.05) is 6.07 Å². The van der Waals surface area contributed by atoms with Crippen LogP contribution in [-0.4, -0.2) is 41.4 Å². The molecule has 2 aromatic rings. The van der Waals surface area contributed by atoms with Crippen LogP contribution in [0.25, 0.3) is 11.1 Å². The van der Waals surface area contributed by atoms with E-state index in [-0.39, 0.29) is 24.1 Å². The van der Waals surface area contributed by atoms with Gasteiger partial charge in [0.2, 0.25) is 0 Å². The highest BCUT2D eigenvalue weighted by Crippen LogP contribution is 2.53. The summed E-state index contributed by atoms with van der Waals surface area (Å²) in [6, 6.07) is 6.49. The zero-order chi connectivity index (χ0) is 20.1. The third kappa shape index (κ3) is 3.03. The van der Waals surface area contributed by atoms with Crippen LogP contribution >= 0.6 is 0 Å². The Morgan fingerprint density at radius 3 is 2.73 bits per heavy atom. The van der Waals surface area contributed by atoms with Gasteiger partial charge < -0.3 is 19.9 Å². The van der Waals surface area contributed by atoms with Gasteiger partial charge in [-0.2, -0.15) is 0 Å². The molecule has 2 fully saturated rings. The molecule has 0 amide bonds. The molecule has 30 heavy (non-hydrogen) atoms. The number of aliphatic imine (C=N–C) groups is 1. The van der Waals surface area contributed by atoms with E-state index in [0.717, 1.165) is 54.2 Å². The van der Waals surface area contributed by atoms with Crippen LogP contribution in [0.15, 0.2) is 41.9 Å². The molecular formula is C23H26N4O3. The molecule has 1 aromatic carbocycles. The highest BCUT2D eigenvalue weighted by molar-refractivity contribution is 5.75. The third-order valence-corrected chi connectivity index (χ3v) is 6.98. The van der Waals surface area contributed by atoms with E-state index in [1.165, 1.54) is 19.2 Å². The minimum absolute atomic E-state index is 0.0995. The van der Waals surface area contributed by atoms with E-state index in [2.05, 4.69) is 22.1 Å². The summed E-state index contributed by atoms with van der Waals surface area (Å²) in [4.78, 5) is 13.2. The molecule has 2 N–H and O–H groups in total. The van der Waals surface area contributed by atoms with Gasteiger partial charge in [-0.05, 0) is 55.7 Å². The van der Waals surface area contributed by atoms with Crippen molar-refractivity contribution < 1.29 is 14.2 Å². The number of nitrogens with zero attached hydrogens (tertiary/aromatic N) is 3. The maximum atomic E-state index is 6.48. The summed E-state index contributed by atoms with van der Waals surface area (Å²) in [5.41, 5.74) is 8.55. The largest absolute Gasteiger partial charge is 0.490 e. The average molecular weight is 406 g/mol. The fourth-order valence-electron chi connectivity index (χ4n) is 5.19. The molecule has 4 atom stereocenters. The fraction of sp³-hybridized carbons (Fsp3) is 0.522. The lowest BCUT2D eigenvalue weighted by Crippen LogP contribution is -2.52. The summed E-state index contributed by atoms with van der Waals surface area (Å²) >= 11 is 0. The Bertz CT molecular complexity index is 978. The molecule has 0 radical (unpaired) electrons. The number of aromatic nitrogens is 2. The van der Waals surface area contributed by atoms with Gasteiger partial charge in [0.05, 0.1) is 6.10 Å². The average Bonchev–Trinajstić information content (AvgIpc) is 3.54. The molecule has 1 spiro atoms. The summed E-state index contributed by atoms with van der Waals surface area (Å²) in [6.07, 6.45) is 11.0. The maximum Gasteiger partial charge on any atom is 0.283 e. The van der Waals surface area contributed by atoms with Crippen molar-refractivity contribution in [1.29, 1.82) is 0 Å². The second kappa shape index (κ2) is 6.94. The van der Waals surface area contributed by atoms with Gasteiger partial charge in [0.1, 0.15) is 30.3 Å². The van der Waals surface area contributed by atoms with Gasteiger partial charge in [-0.15, -0.1) is 0 Å². The molecule has 156 valence electrons. The van der Waals surface area contributed by atoms with Crippen molar-refractivity contribution in [3.8, 4) is 16.9 Å². The van der Waals surface area contributed by atoms with Gasteiger partial charge in [0, 0.05) is 36.0 Å².